The molecule has 0 spiro atoms. The number of hydrogen-bond acceptors (Lipinski definition) is 4. The predicted octanol–water partition coefficient (Wildman–Crippen LogP) is -0.898. The highest BCUT2D eigenvalue weighted by Gasteiger charge is 2.31. The van der Waals surface area contributed by atoms with Gasteiger partial charge < -0.3 is 15.0 Å². The third-order valence-electron chi connectivity index (χ3n) is 3.40. The minimum absolute atomic E-state index is 0.0510. The van der Waals surface area contributed by atoms with Crippen molar-refractivity contribution in [1.82, 2.24) is 15.5 Å². The van der Waals surface area contributed by atoms with E-state index in [-0.39, 0.29) is 30.5 Å². The van der Waals surface area contributed by atoms with Crippen molar-refractivity contribution >= 4 is 11.8 Å². The van der Waals surface area contributed by atoms with E-state index in [0.717, 1.165) is 19.4 Å². The molecule has 2 N–H and O–H groups in total. The van der Waals surface area contributed by atoms with E-state index in [0.29, 0.717) is 19.7 Å². The summed E-state index contributed by atoms with van der Waals surface area (Å²) in [4.78, 5) is 25.1. The summed E-state index contributed by atoms with van der Waals surface area (Å²) in [6.07, 6.45) is 2.16. The van der Waals surface area contributed by atoms with Gasteiger partial charge in [0.05, 0.1) is 12.6 Å². The number of likely N-dealkylation sites (tertiary alicyclic amines) is 1. The minimum atomic E-state index is -0.289. The molecule has 2 unspecified atom stereocenters. The van der Waals surface area contributed by atoms with Crippen LogP contribution in [0.25, 0.3) is 0 Å². The third-order valence-corrected chi connectivity index (χ3v) is 3.40. The molecular formula is C12H21N3O3. The summed E-state index contributed by atoms with van der Waals surface area (Å²) in [7, 11) is 0. The van der Waals surface area contributed by atoms with Crippen molar-refractivity contribution in [2.24, 2.45) is 0 Å². The van der Waals surface area contributed by atoms with E-state index in [1.54, 1.807) is 0 Å². The van der Waals surface area contributed by atoms with Crippen molar-refractivity contribution in [2.75, 3.05) is 32.8 Å². The predicted molar refractivity (Wildman–Crippen MR) is 66.0 cm³/mol. The zero-order valence-electron chi connectivity index (χ0n) is 10.8. The summed E-state index contributed by atoms with van der Waals surface area (Å²) in [6, 6.07) is -0.289. The SMILES string of the molecule is CCOC1CCCN(C(=O)C2CNC(=O)CN2)C1. The summed E-state index contributed by atoms with van der Waals surface area (Å²) >= 11 is 0. The van der Waals surface area contributed by atoms with Crippen LogP contribution in [-0.4, -0.2) is 61.6 Å². The first kappa shape index (κ1) is 13.3. The standard InChI is InChI=1S/C12H21N3O3/c1-2-18-9-4-3-5-15(8-9)12(17)10-6-14-11(16)7-13-10/h9-10,13H,2-8H2,1H3,(H,14,16). The molecule has 0 radical (unpaired) electrons. The lowest BCUT2D eigenvalue weighted by molar-refractivity contribution is -0.138. The van der Waals surface area contributed by atoms with Gasteiger partial charge in [-0.3, -0.25) is 14.9 Å². The van der Waals surface area contributed by atoms with E-state index in [9.17, 15) is 9.59 Å². The van der Waals surface area contributed by atoms with Gasteiger partial charge >= 0.3 is 0 Å². The molecular weight excluding hydrogens is 234 g/mol. The van der Waals surface area contributed by atoms with Crippen LogP contribution in [0.1, 0.15) is 19.8 Å². The molecule has 2 saturated heterocycles. The number of carbonyl (C=O) groups excluding carboxylic acids is 2. The number of rotatable bonds is 3. The lowest BCUT2D eigenvalue weighted by Crippen LogP contribution is -2.60. The Morgan fingerprint density at radius 1 is 1.56 bits per heavy atom. The molecule has 0 bridgehead atoms. The van der Waals surface area contributed by atoms with Crippen LogP contribution in [-0.2, 0) is 14.3 Å². The van der Waals surface area contributed by atoms with E-state index < -0.39 is 0 Å². The van der Waals surface area contributed by atoms with E-state index in [2.05, 4.69) is 10.6 Å². The van der Waals surface area contributed by atoms with Crippen LogP contribution in [0.4, 0.5) is 0 Å². The molecule has 2 aliphatic rings. The number of carbonyl (C=O) groups is 2. The zero-order valence-corrected chi connectivity index (χ0v) is 10.8. The average Bonchev–Trinajstić information content (AvgIpc) is 2.39. The third kappa shape index (κ3) is 3.20. The molecule has 0 aromatic carbocycles. The number of amides is 2. The monoisotopic (exact) mass is 255 g/mol. The Kier molecular flexibility index (Phi) is 4.54. The van der Waals surface area contributed by atoms with Crippen molar-refractivity contribution < 1.29 is 14.3 Å². The first-order valence-electron chi connectivity index (χ1n) is 6.61. The molecule has 2 aliphatic heterocycles. The Morgan fingerprint density at radius 2 is 2.39 bits per heavy atom. The molecule has 2 fully saturated rings. The summed E-state index contributed by atoms with van der Waals surface area (Å²) in [6.45, 7) is 4.71. The van der Waals surface area contributed by atoms with Crippen LogP contribution in [0.5, 0.6) is 0 Å². The van der Waals surface area contributed by atoms with Crippen LogP contribution in [0, 0.1) is 0 Å². The fraction of sp³-hybridized carbons (Fsp3) is 0.833. The molecule has 6 heteroatoms. The molecule has 0 saturated carbocycles. The van der Waals surface area contributed by atoms with Gasteiger partial charge in [-0.05, 0) is 19.8 Å². The number of piperidine rings is 1. The molecule has 102 valence electrons. The van der Waals surface area contributed by atoms with Gasteiger partial charge in [0, 0.05) is 26.2 Å². The van der Waals surface area contributed by atoms with Gasteiger partial charge in [0.2, 0.25) is 11.8 Å². The molecule has 2 rings (SSSR count). The quantitative estimate of drug-likeness (QED) is 0.686. The highest BCUT2D eigenvalue weighted by molar-refractivity contribution is 5.86. The van der Waals surface area contributed by atoms with E-state index in [1.165, 1.54) is 0 Å². The van der Waals surface area contributed by atoms with Crippen LogP contribution < -0.4 is 10.6 Å². The fourth-order valence-corrected chi connectivity index (χ4v) is 2.47. The lowest BCUT2D eigenvalue weighted by atomic mass is 10.1. The normalized spacial score (nSPS) is 28.9. The molecule has 2 heterocycles. The van der Waals surface area contributed by atoms with Gasteiger partial charge in [0.15, 0.2) is 0 Å². The van der Waals surface area contributed by atoms with Gasteiger partial charge in [0.1, 0.15) is 6.04 Å². The van der Waals surface area contributed by atoms with E-state index in [4.69, 9.17) is 4.74 Å². The van der Waals surface area contributed by atoms with Crippen molar-refractivity contribution in [3.8, 4) is 0 Å². The molecule has 18 heavy (non-hydrogen) atoms. The minimum Gasteiger partial charge on any atom is -0.377 e. The van der Waals surface area contributed by atoms with Gasteiger partial charge in [-0.15, -0.1) is 0 Å². The second-order valence-electron chi connectivity index (χ2n) is 4.74. The fourth-order valence-electron chi connectivity index (χ4n) is 2.47. The highest BCUT2D eigenvalue weighted by Crippen LogP contribution is 2.14. The first-order chi connectivity index (χ1) is 8.70. The van der Waals surface area contributed by atoms with Gasteiger partial charge in [-0.1, -0.05) is 0 Å². The lowest BCUT2D eigenvalue weighted by Gasteiger charge is -2.35. The van der Waals surface area contributed by atoms with Crippen LogP contribution in [0.2, 0.25) is 0 Å². The van der Waals surface area contributed by atoms with Crippen LogP contribution in [0.15, 0.2) is 0 Å². The number of ether oxygens (including phenoxy) is 1. The second-order valence-corrected chi connectivity index (χ2v) is 4.74. The smallest absolute Gasteiger partial charge is 0.241 e. The topological polar surface area (TPSA) is 70.7 Å². The van der Waals surface area contributed by atoms with Gasteiger partial charge in [-0.25, -0.2) is 0 Å². The molecule has 6 nitrogen and oxygen atoms in total. The van der Waals surface area contributed by atoms with Crippen LogP contribution >= 0.6 is 0 Å². The summed E-state index contributed by atoms with van der Waals surface area (Å²) in [5.41, 5.74) is 0. The average molecular weight is 255 g/mol. The molecule has 2 amide bonds. The Bertz CT molecular complexity index is 310. The Balaban J connectivity index is 1.86. The summed E-state index contributed by atoms with van der Waals surface area (Å²) in [5.74, 6) is 0.0179. The Morgan fingerprint density at radius 3 is 3.06 bits per heavy atom. The Hall–Kier alpha value is -1.14. The van der Waals surface area contributed by atoms with Crippen molar-refractivity contribution in [3.05, 3.63) is 0 Å². The second kappa shape index (κ2) is 6.15. The highest BCUT2D eigenvalue weighted by atomic mass is 16.5. The summed E-state index contributed by atoms with van der Waals surface area (Å²) < 4.78 is 5.58. The van der Waals surface area contributed by atoms with Crippen LogP contribution in [0.3, 0.4) is 0 Å². The number of piperazine rings is 1. The number of hydrogen-bond donors (Lipinski definition) is 2. The Labute approximate surface area is 107 Å². The first-order valence-corrected chi connectivity index (χ1v) is 6.61. The van der Waals surface area contributed by atoms with E-state index in [1.807, 2.05) is 11.8 Å². The molecule has 0 aromatic rings. The molecule has 0 aromatic heterocycles. The number of nitrogens with one attached hydrogen (secondary N) is 2. The van der Waals surface area contributed by atoms with Crippen molar-refractivity contribution in [1.29, 1.82) is 0 Å². The van der Waals surface area contributed by atoms with Crippen molar-refractivity contribution in [3.63, 3.8) is 0 Å². The maximum absolute atomic E-state index is 12.3. The largest absolute Gasteiger partial charge is 0.377 e. The van der Waals surface area contributed by atoms with E-state index >= 15 is 0 Å². The molecule has 0 aliphatic carbocycles. The zero-order chi connectivity index (χ0) is 13.0. The maximum atomic E-state index is 12.3. The van der Waals surface area contributed by atoms with Gasteiger partial charge in [0.25, 0.3) is 0 Å². The number of nitrogens with zero attached hydrogens (tertiary/aromatic N) is 1. The summed E-state index contributed by atoms with van der Waals surface area (Å²) in [5, 5.41) is 5.68. The van der Waals surface area contributed by atoms with Gasteiger partial charge in [-0.2, -0.15) is 0 Å². The maximum Gasteiger partial charge on any atom is 0.241 e. The van der Waals surface area contributed by atoms with Crippen molar-refractivity contribution in [2.45, 2.75) is 31.9 Å². The molecule has 2 atom stereocenters.